The summed E-state index contributed by atoms with van der Waals surface area (Å²) in [7, 11) is 0. The summed E-state index contributed by atoms with van der Waals surface area (Å²) in [6, 6.07) is 16.0. The number of allylic oxidation sites excluding steroid dienone is 1. The van der Waals surface area contributed by atoms with Crippen LogP contribution in [-0.2, 0) is 11.2 Å². The van der Waals surface area contributed by atoms with E-state index in [0.717, 1.165) is 53.4 Å². The molecule has 0 radical (unpaired) electrons. The largest absolute Gasteiger partial charge is 0.469 e. The van der Waals surface area contributed by atoms with Gasteiger partial charge in [0.25, 0.3) is 0 Å². The Morgan fingerprint density at radius 1 is 1.11 bits per heavy atom. The van der Waals surface area contributed by atoms with Crippen molar-refractivity contribution >= 4 is 22.6 Å². The van der Waals surface area contributed by atoms with E-state index in [2.05, 4.69) is 23.1 Å². The third kappa shape index (κ3) is 4.11. The van der Waals surface area contributed by atoms with Crippen molar-refractivity contribution in [2.75, 3.05) is 6.61 Å². The lowest BCUT2D eigenvalue weighted by atomic mass is 9.45. The van der Waals surface area contributed by atoms with Gasteiger partial charge < -0.3 is 14.9 Å². The third-order valence-corrected chi connectivity index (χ3v) is 12.1. The molecule has 0 saturated heterocycles. The molecule has 4 aromatic rings. The van der Waals surface area contributed by atoms with Crippen LogP contribution in [0.5, 0.6) is 5.88 Å². The lowest BCUT2D eigenvalue weighted by Gasteiger charge is -2.60. The lowest BCUT2D eigenvalue weighted by molar-refractivity contribution is -0.180. The molecule has 3 saturated carbocycles. The number of ketones is 1. The van der Waals surface area contributed by atoms with Crippen LogP contribution in [0, 0.1) is 34.4 Å². The zero-order chi connectivity index (χ0) is 31.1. The van der Waals surface area contributed by atoms with Gasteiger partial charge in [-0.1, -0.05) is 37.6 Å². The molecule has 7 atom stereocenters. The van der Waals surface area contributed by atoms with Gasteiger partial charge in [-0.05, 0) is 115 Å². The van der Waals surface area contributed by atoms with Gasteiger partial charge in [0.1, 0.15) is 11.4 Å². The van der Waals surface area contributed by atoms with Crippen molar-refractivity contribution in [3.8, 4) is 11.6 Å². The molecule has 4 aliphatic rings. The first-order valence-electron chi connectivity index (χ1n) is 16.1. The van der Waals surface area contributed by atoms with Crippen LogP contribution in [0.15, 0.2) is 72.6 Å². The molecule has 0 spiro atoms. The summed E-state index contributed by atoms with van der Waals surface area (Å²) in [6.45, 7) is 4.02. The summed E-state index contributed by atoms with van der Waals surface area (Å²) in [5, 5.41) is 30.6. The number of nitrogens with zero attached hydrogens (tertiary/aromatic N) is 3. The number of hydrogen-bond donors (Lipinski definition) is 2. The first-order valence-corrected chi connectivity index (χ1v) is 16.1. The van der Waals surface area contributed by atoms with E-state index in [0.29, 0.717) is 18.7 Å². The van der Waals surface area contributed by atoms with E-state index in [4.69, 9.17) is 4.74 Å². The van der Waals surface area contributed by atoms with Crippen LogP contribution >= 0.6 is 0 Å². The SMILES string of the molecule is CC12Cc3cnn(-c4ccc(F)cc4)c3C=C1CCC1C2[C@@H](O)CC2(C)C1CC[C@]2(O)C(=O)COc1nccc2ccccc12. The lowest BCUT2D eigenvalue weighted by Crippen LogP contribution is -2.62. The summed E-state index contributed by atoms with van der Waals surface area (Å²) in [5.41, 5.74) is 1.65. The number of rotatable bonds is 5. The minimum Gasteiger partial charge on any atom is -0.469 e. The molecule has 2 N–H and O–H groups in total. The number of pyridine rings is 1. The van der Waals surface area contributed by atoms with E-state index in [1.807, 2.05) is 48.1 Å². The van der Waals surface area contributed by atoms with E-state index < -0.39 is 17.1 Å². The van der Waals surface area contributed by atoms with Gasteiger partial charge in [0, 0.05) is 17.0 Å². The van der Waals surface area contributed by atoms with Gasteiger partial charge in [-0.2, -0.15) is 5.10 Å². The first-order chi connectivity index (χ1) is 21.6. The number of aromatic nitrogens is 3. The highest BCUT2D eigenvalue weighted by Gasteiger charge is 2.68. The Morgan fingerprint density at radius 2 is 1.91 bits per heavy atom. The van der Waals surface area contributed by atoms with E-state index in [1.54, 1.807) is 18.3 Å². The summed E-state index contributed by atoms with van der Waals surface area (Å²) >= 11 is 0. The number of carbonyl (C=O) groups excluding carboxylic acids is 1. The number of Topliss-reactive ketones (excluding diaryl/α,β-unsaturated/α-hetero) is 1. The molecule has 232 valence electrons. The van der Waals surface area contributed by atoms with Crippen molar-refractivity contribution in [1.82, 2.24) is 14.8 Å². The van der Waals surface area contributed by atoms with Crippen LogP contribution in [0.25, 0.3) is 22.5 Å². The second-order valence-electron chi connectivity index (χ2n) is 14.2. The Kier molecular flexibility index (Phi) is 6.39. The highest BCUT2D eigenvalue weighted by atomic mass is 19.1. The van der Waals surface area contributed by atoms with Gasteiger partial charge in [0.05, 0.1) is 23.7 Å². The van der Waals surface area contributed by atoms with Crippen LogP contribution in [0.2, 0.25) is 0 Å². The maximum Gasteiger partial charge on any atom is 0.221 e. The first kappa shape index (κ1) is 28.6. The van der Waals surface area contributed by atoms with E-state index in [1.165, 1.54) is 17.7 Å². The van der Waals surface area contributed by atoms with Gasteiger partial charge in [-0.15, -0.1) is 0 Å². The number of aliphatic hydroxyl groups excluding tert-OH is 1. The number of carbonyl (C=O) groups is 1. The standard InChI is InChI=1S/C37H38FN3O4/c1-35-18-23-20-40-41(26-10-8-25(38)9-11-26)30(23)17-24(35)7-12-28-29-13-15-37(44,36(29,2)19-31(42)33(28)35)32(43)21-45-34-27-6-4-3-5-22(27)14-16-39-34/h3-6,8-11,14,16-17,20,28-29,31,33,42,44H,7,12-13,15,18-19,21H2,1-2H3/t28?,29?,31-,33?,35?,36?,37-/m0/s1. The van der Waals surface area contributed by atoms with E-state index in [-0.39, 0.29) is 41.4 Å². The average Bonchev–Trinajstić information content (AvgIpc) is 3.55. The van der Waals surface area contributed by atoms with Crippen LogP contribution in [0.4, 0.5) is 4.39 Å². The van der Waals surface area contributed by atoms with Crippen LogP contribution in [-0.4, -0.2) is 49.1 Å². The summed E-state index contributed by atoms with van der Waals surface area (Å²) in [4.78, 5) is 18.2. The fourth-order valence-electron chi connectivity index (χ4n) is 9.90. The second-order valence-corrected chi connectivity index (χ2v) is 14.2. The van der Waals surface area contributed by atoms with Crippen molar-refractivity contribution in [3.05, 3.63) is 89.6 Å². The number of hydrogen-bond acceptors (Lipinski definition) is 6. The fraction of sp³-hybridized carbons (Fsp3) is 0.432. The fourth-order valence-corrected chi connectivity index (χ4v) is 9.90. The molecule has 45 heavy (non-hydrogen) atoms. The van der Waals surface area contributed by atoms with Crippen molar-refractivity contribution in [2.24, 2.45) is 28.6 Å². The Hall–Kier alpha value is -3.88. The van der Waals surface area contributed by atoms with Gasteiger partial charge in [-0.25, -0.2) is 14.1 Å². The van der Waals surface area contributed by atoms with Gasteiger partial charge in [0.15, 0.2) is 6.61 Å². The Bertz CT molecular complexity index is 1850. The van der Waals surface area contributed by atoms with Crippen LogP contribution in [0.1, 0.15) is 57.2 Å². The molecule has 3 fully saturated rings. The summed E-state index contributed by atoms with van der Waals surface area (Å²) in [6.07, 6.45) is 9.12. The Balaban J connectivity index is 1.05. The molecule has 5 unspecified atom stereocenters. The Labute approximate surface area is 261 Å². The van der Waals surface area contributed by atoms with Crippen molar-refractivity contribution in [3.63, 3.8) is 0 Å². The number of ether oxygens (including phenoxy) is 1. The molecule has 8 heteroatoms. The van der Waals surface area contributed by atoms with Crippen molar-refractivity contribution in [1.29, 1.82) is 0 Å². The zero-order valence-corrected chi connectivity index (χ0v) is 25.6. The van der Waals surface area contributed by atoms with Crippen molar-refractivity contribution in [2.45, 2.75) is 64.1 Å². The molecular formula is C37H38FN3O4. The summed E-state index contributed by atoms with van der Waals surface area (Å²) in [5.74, 6) is 0.0522. The number of aliphatic hydroxyl groups is 2. The molecule has 7 nitrogen and oxygen atoms in total. The van der Waals surface area contributed by atoms with Crippen LogP contribution in [0.3, 0.4) is 0 Å². The van der Waals surface area contributed by atoms with Gasteiger partial charge in [-0.3, -0.25) is 4.79 Å². The van der Waals surface area contributed by atoms with Crippen molar-refractivity contribution < 1.29 is 24.1 Å². The Morgan fingerprint density at radius 3 is 2.73 bits per heavy atom. The zero-order valence-electron chi connectivity index (χ0n) is 25.6. The monoisotopic (exact) mass is 607 g/mol. The number of fused-ring (bicyclic) bond motifs is 7. The van der Waals surface area contributed by atoms with E-state index >= 15 is 0 Å². The quantitative estimate of drug-likeness (QED) is 0.285. The average molecular weight is 608 g/mol. The minimum atomic E-state index is -1.58. The molecule has 0 amide bonds. The number of benzene rings is 2. The predicted molar refractivity (Wildman–Crippen MR) is 168 cm³/mol. The molecule has 2 aromatic carbocycles. The summed E-state index contributed by atoms with van der Waals surface area (Å²) < 4.78 is 21.4. The molecule has 2 heterocycles. The second kappa shape index (κ2) is 10.1. The molecule has 2 aromatic heterocycles. The van der Waals surface area contributed by atoms with Gasteiger partial charge >= 0.3 is 0 Å². The molecular weight excluding hydrogens is 569 g/mol. The minimum absolute atomic E-state index is 0.00600. The normalized spacial score (nSPS) is 33.5. The predicted octanol–water partition coefficient (Wildman–Crippen LogP) is 6.09. The maximum atomic E-state index is 13.8. The number of halogens is 1. The van der Waals surface area contributed by atoms with Gasteiger partial charge in [0.2, 0.25) is 11.7 Å². The van der Waals surface area contributed by atoms with E-state index in [9.17, 15) is 19.4 Å². The third-order valence-electron chi connectivity index (χ3n) is 12.1. The highest BCUT2D eigenvalue weighted by molar-refractivity contribution is 5.91. The molecule has 0 aliphatic heterocycles. The molecule has 8 rings (SSSR count). The highest BCUT2D eigenvalue weighted by Crippen LogP contribution is 2.67. The smallest absolute Gasteiger partial charge is 0.221 e. The maximum absolute atomic E-state index is 13.8. The molecule has 4 aliphatic carbocycles. The molecule has 0 bridgehead atoms. The van der Waals surface area contributed by atoms with Crippen LogP contribution < -0.4 is 4.74 Å². The topological polar surface area (TPSA) is 97.5 Å².